The van der Waals surface area contributed by atoms with Crippen LogP contribution in [0.1, 0.15) is 37.9 Å². The molecule has 0 saturated carbocycles. The van der Waals surface area contributed by atoms with Crippen LogP contribution in [0.4, 0.5) is 34.6 Å². The number of nitrogens with zero attached hydrogens (tertiary/aromatic N) is 3. The van der Waals surface area contributed by atoms with Crippen molar-refractivity contribution in [2.24, 2.45) is 5.92 Å². The van der Waals surface area contributed by atoms with Crippen molar-refractivity contribution in [3.63, 3.8) is 0 Å². The number of hydrogen-bond donors (Lipinski definition) is 3. The number of anilines is 3. The van der Waals surface area contributed by atoms with E-state index in [-0.39, 0.29) is 18.3 Å². The number of carbonyl (C=O) groups is 2. The van der Waals surface area contributed by atoms with Crippen LogP contribution in [-0.4, -0.2) is 35.0 Å². The maximum absolute atomic E-state index is 13.3. The summed E-state index contributed by atoms with van der Waals surface area (Å²) in [6, 6.07) is 6.96. The number of benzene rings is 1. The third kappa shape index (κ3) is 6.18. The van der Waals surface area contributed by atoms with Gasteiger partial charge in [-0.25, -0.2) is 14.8 Å². The van der Waals surface area contributed by atoms with Gasteiger partial charge in [0.05, 0.1) is 10.2 Å². The van der Waals surface area contributed by atoms with Gasteiger partial charge in [-0.3, -0.25) is 4.79 Å². The highest BCUT2D eigenvalue weighted by Crippen LogP contribution is 2.32. The first kappa shape index (κ1) is 24.7. The van der Waals surface area contributed by atoms with Crippen molar-refractivity contribution >= 4 is 50.1 Å². The van der Waals surface area contributed by atoms with Crippen LogP contribution >= 0.6 is 11.3 Å². The lowest BCUT2D eigenvalue weighted by atomic mass is 9.99. The van der Waals surface area contributed by atoms with Gasteiger partial charge >= 0.3 is 12.2 Å². The number of hydrogen-bond acceptors (Lipinski definition) is 6. The molecule has 8 nitrogen and oxygen atoms in total. The van der Waals surface area contributed by atoms with Crippen LogP contribution in [0.15, 0.2) is 30.3 Å². The quantitative estimate of drug-likeness (QED) is 0.440. The molecule has 2 aromatic heterocycles. The molecule has 1 saturated heterocycles. The largest absolute Gasteiger partial charge is 0.433 e. The molecule has 0 bridgehead atoms. The maximum atomic E-state index is 13.3. The second-order valence-electron chi connectivity index (χ2n) is 8.54. The number of alkyl halides is 3. The Morgan fingerprint density at radius 3 is 2.54 bits per heavy atom. The molecule has 3 N–H and O–H groups in total. The zero-order valence-corrected chi connectivity index (χ0v) is 20.0. The Kier molecular flexibility index (Phi) is 7.10. The van der Waals surface area contributed by atoms with Gasteiger partial charge in [0.15, 0.2) is 5.13 Å². The summed E-state index contributed by atoms with van der Waals surface area (Å²) in [5.41, 5.74) is 0.669. The molecular weight excluding hydrogens is 481 g/mol. The third-order valence-corrected chi connectivity index (χ3v) is 6.65. The predicted octanol–water partition coefficient (Wildman–Crippen LogP) is 5.23. The molecule has 1 fully saturated rings. The molecule has 0 unspecified atom stereocenters. The Balaban J connectivity index is 1.45. The molecule has 3 heterocycles. The third-order valence-electron chi connectivity index (χ3n) is 5.70. The van der Waals surface area contributed by atoms with Crippen LogP contribution in [0.2, 0.25) is 0 Å². The van der Waals surface area contributed by atoms with E-state index < -0.39 is 17.9 Å². The van der Waals surface area contributed by atoms with Crippen LogP contribution in [-0.2, 0) is 17.5 Å². The molecule has 35 heavy (non-hydrogen) atoms. The van der Waals surface area contributed by atoms with Gasteiger partial charge in [0.25, 0.3) is 0 Å². The summed E-state index contributed by atoms with van der Waals surface area (Å²) < 4.78 is 40.7. The maximum Gasteiger partial charge on any atom is 0.433 e. The van der Waals surface area contributed by atoms with Crippen molar-refractivity contribution in [3.8, 4) is 0 Å². The smallest absolute Gasteiger partial charge is 0.356 e. The van der Waals surface area contributed by atoms with Crippen molar-refractivity contribution in [1.29, 1.82) is 0 Å². The molecule has 1 aromatic carbocycles. The molecule has 0 atom stereocenters. The molecule has 1 aliphatic heterocycles. The van der Waals surface area contributed by atoms with E-state index in [2.05, 4.69) is 32.8 Å². The molecule has 186 valence electrons. The number of halogens is 3. The van der Waals surface area contributed by atoms with Crippen molar-refractivity contribution in [3.05, 3.63) is 41.6 Å². The number of fused-ring (bicyclic) bond motifs is 1. The first-order chi connectivity index (χ1) is 16.6. The van der Waals surface area contributed by atoms with E-state index in [0.717, 1.165) is 23.6 Å². The van der Waals surface area contributed by atoms with Crippen LogP contribution < -0.4 is 20.9 Å². The second-order valence-corrected chi connectivity index (χ2v) is 9.57. The number of aromatic nitrogens is 2. The van der Waals surface area contributed by atoms with Gasteiger partial charge in [0.1, 0.15) is 11.5 Å². The van der Waals surface area contributed by atoms with Gasteiger partial charge in [-0.2, -0.15) is 13.2 Å². The average molecular weight is 507 g/mol. The van der Waals surface area contributed by atoms with E-state index in [1.807, 2.05) is 4.90 Å². The molecule has 1 aliphatic rings. The minimum atomic E-state index is -4.55. The molecule has 3 aromatic rings. The second kappa shape index (κ2) is 10.1. The van der Waals surface area contributed by atoms with Crippen LogP contribution in [0, 0.1) is 5.92 Å². The summed E-state index contributed by atoms with van der Waals surface area (Å²) in [6.45, 7) is 4.76. The summed E-state index contributed by atoms with van der Waals surface area (Å²) in [6.07, 6.45) is -2.81. The number of pyridine rings is 1. The standard InChI is InChI=1S/C23H25F3N6O2S/c1-13-7-9-32(10-8-13)20-15(3-6-19(31-20)23(24,25)26)12-27-21(34)29-16-4-5-18-17(11-16)30-22(35-18)28-14(2)33/h3-6,11,13H,7-10,12H2,1-2H3,(H2,27,29,34)(H,28,30,33). The normalized spacial score (nSPS) is 14.7. The minimum absolute atomic E-state index is 0.0178. The van der Waals surface area contributed by atoms with Crippen molar-refractivity contribution in [2.45, 2.75) is 39.4 Å². The summed E-state index contributed by atoms with van der Waals surface area (Å²) in [5.74, 6) is 0.535. The molecule has 12 heteroatoms. The Morgan fingerprint density at radius 1 is 1.11 bits per heavy atom. The first-order valence-corrected chi connectivity index (χ1v) is 12.0. The Labute approximate surface area is 203 Å². The van der Waals surface area contributed by atoms with Gasteiger partial charge in [0, 0.05) is 37.8 Å². The number of amides is 3. The Bertz CT molecular complexity index is 1240. The number of carbonyl (C=O) groups excluding carboxylic acids is 2. The Hall–Kier alpha value is -3.41. The zero-order chi connectivity index (χ0) is 25.2. The van der Waals surface area contributed by atoms with Gasteiger partial charge in [-0.1, -0.05) is 24.3 Å². The molecule has 0 spiro atoms. The monoisotopic (exact) mass is 506 g/mol. The van der Waals surface area contributed by atoms with E-state index in [1.165, 1.54) is 24.3 Å². The summed E-state index contributed by atoms with van der Waals surface area (Å²) in [7, 11) is 0. The fraction of sp³-hybridized carbons (Fsp3) is 0.391. The predicted molar refractivity (Wildman–Crippen MR) is 130 cm³/mol. The number of piperidine rings is 1. The fourth-order valence-corrected chi connectivity index (χ4v) is 4.72. The lowest BCUT2D eigenvalue weighted by Gasteiger charge is -2.33. The van der Waals surface area contributed by atoms with Gasteiger partial charge in [0.2, 0.25) is 5.91 Å². The van der Waals surface area contributed by atoms with Crippen molar-refractivity contribution in [1.82, 2.24) is 15.3 Å². The van der Waals surface area contributed by atoms with E-state index in [0.29, 0.717) is 40.9 Å². The zero-order valence-electron chi connectivity index (χ0n) is 19.2. The fourth-order valence-electron chi connectivity index (χ4n) is 3.83. The number of rotatable bonds is 5. The lowest BCUT2D eigenvalue weighted by Crippen LogP contribution is -2.35. The summed E-state index contributed by atoms with van der Waals surface area (Å²) in [4.78, 5) is 33.8. The SMILES string of the molecule is CC(=O)Nc1nc2cc(NC(=O)NCc3ccc(C(F)(F)F)nc3N3CCC(C)CC3)ccc2s1. The van der Waals surface area contributed by atoms with Crippen LogP contribution in [0.5, 0.6) is 0 Å². The highest BCUT2D eigenvalue weighted by molar-refractivity contribution is 7.22. The van der Waals surface area contributed by atoms with Crippen LogP contribution in [0.25, 0.3) is 10.2 Å². The molecule has 4 rings (SSSR count). The molecule has 3 amide bonds. The van der Waals surface area contributed by atoms with Gasteiger partial charge in [-0.15, -0.1) is 0 Å². The first-order valence-electron chi connectivity index (χ1n) is 11.1. The number of thiazole rings is 1. The van der Waals surface area contributed by atoms with Crippen molar-refractivity contribution in [2.75, 3.05) is 28.6 Å². The van der Waals surface area contributed by atoms with Crippen LogP contribution in [0.3, 0.4) is 0 Å². The molecule has 0 aliphatic carbocycles. The average Bonchev–Trinajstić information content (AvgIpc) is 3.18. The number of urea groups is 1. The van der Waals surface area contributed by atoms with Gasteiger partial charge in [-0.05, 0) is 43.0 Å². The highest BCUT2D eigenvalue weighted by atomic mass is 32.1. The molecular formula is C23H25F3N6O2S. The van der Waals surface area contributed by atoms with E-state index in [9.17, 15) is 22.8 Å². The topological polar surface area (TPSA) is 99.2 Å². The van der Waals surface area contributed by atoms with E-state index >= 15 is 0 Å². The van der Waals surface area contributed by atoms with E-state index in [4.69, 9.17) is 0 Å². The van der Waals surface area contributed by atoms with Crippen molar-refractivity contribution < 1.29 is 22.8 Å². The number of nitrogens with one attached hydrogen (secondary N) is 3. The summed E-state index contributed by atoms with van der Waals surface area (Å²) in [5, 5.41) is 8.50. The lowest BCUT2D eigenvalue weighted by molar-refractivity contribution is -0.141. The highest BCUT2D eigenvalue weighted by Gasteiger charge is 2.34. The summed E-state index contributed by atoms with van der Waals surface area (Å²) >= 11 is 1.32. The van der Waals surface area contributed by atoms with E-state index in [1.54, 1.807) is 18.2 Å². The minimum Gasteiger partial charge on any atom is -0.356 e. The molecule has 0 radical (unpaired) electrons. The van der Waals surface area contributed by atoms with Gasteiger partial charge < -0.3 is 20.9 Å². The Morgan fingerprint density at radius 2 is 1.86 bits per heavy atom.